The van der Waals surface area contributed by atoms with Crippen LogP contribution in [-0.2, 0) is 11.2 Å². The standard InChI is InChI=1S/C32H37F2N7O2/c1-32(2,3)43-31(42)40-12-11-36-17-23(40)15-25-26(33)13-20(14-27(25)34)24-5-4-6-28-30(24)39-29(18-37-28)21-16-38-41(19-21)22-7-9-35-10-8-22/h4-6,13-14,16,18-19,22-23,35-36H,7-12,15,17H2,1-3H3. The second-order valence-corrected chi connectivity index (χ2v) is 12.3. The van der Waals surface area contributed by atoms with Crippen LogP contribution in [0.2, 0.25) is 0 Å². The number of hydrogen-bond acceptors (Lipinski definition) is 7. The summed E-state index contributed by atoms with van der Waals surface area (Å²) in [5.41, 5.74) is 2.87. The average Bonchev–Trinajstić information content (AvgIpc) is 3.49. The molecule has 2 fully saturated rings. The average molecular weight is 590 g/mol. The molecule has 2 aliphatic heterocycles. The Bertz CT molecular complexity index is 1600. The lowest BCUT2D eigenvalue weighted by Crippen LogP contribution is -2.55. The Morgan fingerprint density at radius 2 is 1.81 bits per heavy atom. The van der Waals surface area contributed by atoms with Gasteiger partial charge in [0.15, 0.2) is 0 Å². The Hall–Kier alpha value is -3.96. The number of carbonyl (C=O) groups excluding carboxylic acids is 1. The third-order valence-electron chi connectivity index (χ3n) is 8.02. The molecule has 0 saturated carbocycles. The van der Waals surface area contributed by atoms with Crippen molar-refractivity contribution in [1.29, 1.82) is 0 Å². The maximum Gasteiger partial charge on any atom is 0.410 e. The highest BCUT2D eigenvalue weighted by molar-refractivity contribution is 5.92. The van der Waals surface area contributed by atoms with Gasteiger partial charge in [0.25, 0.3) is 0 Å². The summed E-state index contributed by atoms with van der Waals surface area (Å²) in [5.74, 6) is -1.34. The Balaban J connectivity index is 1.28. The zero-order valence-corrected chi connectivity index (χ0v) is 24.7. The van der Waals surface area contributed by atoms with Gasteiger partial charge in [-0.05, 0) is 76.9 Å². The van der Waals surface area contributed by atoms with Crippen LogP contribution in [0.25, 0.3) is 33.4 Å². The van der Waals surface area contributed by atoms with E-state index in [4.69, 9.17) is 9.72 Å². The number of halogens is 2. The normalized spacial score (nSPS) is 18.3. The van der Waals surface area contributed by atoms with Gasteiger partial charge in [-0.25, -0.2) is 18.6 Å². The molecule has 2 aliphatic rings. The molecular formula is C32H37F2N7O2. The van der Waals surface area contributed by atoms with Crippen molar-refractivity contribution >= 4 is 17.1 Å². The SMILES string of the molecule is CC(C)(C)OC(=O)N1CCNCC1Cc1c(F)cc(-c2cccc3ncc(-c4cnn(C5CCNCC5)c4)nc23)cc1F. The van der Waals surface area contributed by atoms with E-state index in [1.807, 2.05) is 16.9 Å². The van der Waals surface area contributed by atoms with Crippen LogP contribution in [-0.4, -0.2) is 75.1 Å². The van der Waals surface area contributed by atoms with Gasteiger partial charge in [0.05, 0.1) is 41.2 Å². The minimum atomic E-state index is -0.672. The summed E-state index contributed by atoms with van der Waals surface area (Å²) in [7, 11) is 0. The molecule has 43 heavy (non-hydrogen) atoms. The summed E-state index contributed by atoms with van der Waals surface area (Å²) >= 11 is 0. The zero-order chi connectivity index (χ0) is 30.1. The monoisotopic (exact) mass is 589 g/mol. The van der Waals surface area contributed by atoms with Crippen LogP contribution in [0, 0.1) is 11.6 Å². The third-order valence-corrected chi connectivity index (χ3v) is 8.02. The fourth-order valence-electron chi connectivity index (χ4n) is 5.84. The van der Waals surface area contributed by atoms with E-state index in [2.05, 4.69) is 20.7 Å². The fraction of sp³-hybridized carbons (Fsp3) is 0.438. The topological polar surface area (TPSA) is 97.2 Å². The Morgan fingerprint density at radius 1 is 1.05 bits per heavy atom. The first-order chi connectivity index (χ1) is 20.7. The van der Waals surface area contributed by atoms with Crippen molar-refractivity contribution in [2.75, 3.05) is 32.7 Å². The third kappa shape index (κ3) is 6.37. The molecule has 0 bridgehead atoms. The second-order valence-electron chi connectivity index (χ2n) is 12.3. The summed E-state index contributed by atoms with van der Waals surface area (Å²) < 4.78 is 38.8. The number of nitrogens with one attached hydrogen (secondary N) is 2. The second kappa shape index (κ2) is 12.0. The van der Waals surface area contributed by atoms with Crippen molar-refractivity contribution in [3.05, 3.63) is 66.1 Å². The molecule has 1 atom stereocenters. The minimum absolute atomic E-state index is 0.0186. The molecule has 226 valence electrons. The molecule has 0 aliphatic carbocycles. The predicted molar refractivity (Wildman–Crippen MR) is 161 cm³/mol. The molecule has 1 amide bonds. The molecule has 4 heterocycles. The number of rotatable bonds is 5. The minimum Gasteiger partial charge on any atom is -0.444 e. The molecule has 2 N–H and O–H groups in total. The highest BCUT2D eigenvalue weighted by atomic mass is 19.1. The quantitative estimate of drug-likeness (QED) is 0.334. The van der Waals surface area contributed by atoms with E-state index < -0.39 is 29.4 Å². The van der Waals surface area contributed by atoms with E-state index >= 15 is 8.78 Å². The molecule has 4 aromatic rings. The summed E-state index contributed by atoms with van der Waals surface area (Å²) in [6.07, 6.45) is 7.04. The van der Waals surface area contributed by atoms with Crippen LogP contribution in [0.4, 0.5) is 13.6 Å². The maximum atomic E-state index is 15.6. The van der Waals surface area contributed by atoms with Crippen molar-refractivity contribution < 1.29 is 18.3 Å². The van der Waals surface area contributed by atoms with Gasteiger partial charge >= 0.3 is 6.09 Å². The highest BCUT2D eigenvalue weighted by Gasteiger charge is 2.32. The molecule has 2 aromatic heterocycles. The van der Waals surface area contributed by atoms with Gasteiger partial charge in [-0.1, -0.05) is 12.1 Å². The molecule has 11 heteroatoms. The number of carbonyl (C=O) groups is 1. The lowest BCUT2D eigenvalue weighted by molar-refractivity contribution is 0.0120. The summed E-state index contributed by atoms with van der Waals surface area (Å²) in [4.78, 5) is 23.9. The summed E-state index contributed by atoms with van der Waals surface area (Å²) in [5, 5.41) is 11.2. The van der Waals surface area contributed by atoms with Crippen molar-refractivity contribution in [1.82, 2.24) is 35.3 Å². The van der Waals surface area contributed by atoms with Crippen LogP contribution in [0.1, 0.15) is 45.2 Å². The van der Waals surface area contributed by atoms with Crippen LogP contribution >= 0.6 is 0 Å². The van der Waals surface area contributed by atoms with E-state index in [0.717, 1.165) is 31.5 Å². The van der Waals surface area contributed by atoms with Crippen molar-refractivity contribution in [3.8, 4) is 22.4 Å². The lowest BCUT2D eigenvalue weighted by atomic mass is 9.97. The summed E-state index contributed by atoms with van der Waals surface area (Å²) in [6.45, 7) is 8.71. The Morgan fingerprint density at radius 3 is 2.56 bits per heavy atom. The zero-order valence-electron chi connectivity index (χ0n) is 24.7. The van der Waals surface area contributed by atoms with Gasteiger partial charge < -0.3 is 20.3 Å². The Labute approximate surface area is 249 Å². The largest absolute Gasteiger partial charge is 0.444 e. The Kier molecular flexibility index (Phi) is 8.11. The molecule has 0 spiro atoms. The first-order valence-corrected chi connectivity index (χ1v) is 14.9. The van der Waals surface area contributed by atoms with Crippen LogP contribution in [0.3, 0.4) is 0 Å². The number of nitrogens with zero attached hydrogens (tertiary/aromatic N) is 5. The lowest BCUT2D eigenvalue weighted by Gasteiger charge is -2.37. The smallest absolute Gasteiger partial charge is 0.410 e. The molecule has 6 rings (SSSR count). The first kappa shape index (κ1) is 29.1. The molecule has 1 unspecified atom stereocenters. The van der Waals surface area contributed by atoms with Gasteiger partial charge in [0.1, 0.15) is 17.2 Å². The molecule has 9 nitrogen and oxygen atoms in total. The molecule has 2 saturated heterocycles. The van der Waals surface area contributed by atoms with E-state index in [9.17, 15) is 4.79 Å². The van der Waals surface area contributed by atoms with Gasteiger partial charge in [-0.15, -0.1) is 0 Å². The predicted octanol–water partition coefficient (Wildman–Crippen LogP) is 5.11. The van der Waals surface area contributed by atoms with Crippen LogP contribution in [0.15, 0.2) is 48.9 Å². The number of aromatic nitrogens is 4. The number of ether oxygens (including phenoxy) is 1. The van der Waals surface area contributed by atoms with E-state index in [1.54, 1.807) is 50.2 Å². The van der Waals surface area contributed by atoms with Gasteiger partial charge in [0, 0.05) is 42.5 Å². The van der Waals surface area contributed by atoms with Crippen LogP contribution < -0.4 is 10.6 Å². The van der Waals surface area contributed by atoms with Crippen molar-refractivity contribution in [2.24, 2.45) is 0 Å². The number of hydrogen-bond donors (Lipinski definition) is 2. The van der Waals surface area contributed by atoms with E-state index in [0.29, 0.717) is 53.5 Å². The highest BCUT2D eigenvalue weighted by Crippen LogP contribution is 2.32. The fourth-order valence-corrected chi connectivity index (χ4v) is 5.84. The number of para-hydroxylation sites is 1. The number of benzene rings is 2. The molecular weight excluding hydrogens is 552 g/mol. The number of piperidine rings is 1. The van der Waals surface area contributed by atoms with Crippen molar-refractivity contribution in [2.45, 2.75) is 57.7 Å². The van der Waals surface area contributed by atoms with E-state index in [1.165, 1.54) is 12.1 Å². The molecule has 0 radical (unpaired) electrons. The van der Waals surface area contributed by atoms with E-state index in [-0.39, 0.29) is 12.0 Å². The molecule has 2 aromatic carbocycles. The van der Waals surface area contributed by atoms with Gasteiger partial charge in [0.2, 0.25) is 0 Å². The number of amides is 1. The van der Waals surface area contributed by atoms with Gasteiger partial charge in [-0.3, -0.25) is 9.67 Å². The van der Waals surface area contributed by atoms with Crippen molar-refractivity contribution in [3.63, 3.8) is 0 Å². The first-order valence-electron chi connectivity index (χ1n) is 14.9. The van der Waals surface area contributed by atoms with Gasteiger partial charge in [-0.2, -0.15) is 5.10 Å². The number of piperazine rings is 1. The number of fused-ring (bicyclic) bond motifs is 1. The maximum absolute atomic E-state index is 15.6. The summed E-state index contributed by atoms with van der Waals surface area (Å²) in [6, 6.07) is 7.99. The van der Waals surface area contributed by atoms with Crippen LogP contribution in [0.5, 0.6) is 0 Å².